The Balaban J connectivity index is 4.10. The Morgan fingerprint density at radius 3 is 1.95 bits per heavy atom. The van der Waals surface area contributed by atoms with E-state index in [1.165, 1.54) is 0 Å². The van der Waals surface area contributed by atoms with E-state index in [1.807, 2.05) is 27.7 Å². The molecule has 0 aliphatic rings. The van der Waals surface area contributed by atoms with Gasteiger partial charge >= 0.3 is 5.97 Å². The summed E-state index contributed by atoms with van der Waals surface area (Å²) in [4.78, 5) is 13.8. The average Bonchev–Trinajstić information content (AvgIpc) is 2.39. The van der Waals surface area contributed by atoms with Crippen molar-refractivity contribution in [1.29, 1.82) is 0 Å². The van der Waals surface area contributed by atoms with Crippen LogP contribution < -0.4 is 0 Å². The van der Waals surface area contributed by atoms with E-state index in [1.54, 1.807) is 0 Å². The molecule has 0 aliphatic carbocycles. The van der Waals surface area contributed by atoms with Crippen LogP contribution in [-0.4, -0.2) is 63.5 Å². The summed E-state index contributed by atoms with van der Waals surface area (Å²) in [5, 5.41) is 0. The van der Waals surface area contributed by atoms with Crippen LogP contribution in [0.5, 0.6) is 0 Å². The number of hydrogen-bond acceptors (Lipinski definition) is 5. The van der Waals surface area contributed by atoms with E-state index >= 15 is 0 Å². The Hall–Kier alpha value is -0.650. The molecule has 0 aromatic rings. The Labute approximate surface area is 117 Å². The second kappa shape index (κ2) is 12.4. The van der Waals surface area contributed by atoms with E-state index in [4.69, 9.17) is 14.2 Å². The molecule has 19 heavy (non-hydrogen) atoms. The molecule has 5 nitrogen and oxygen atoms in total. The SMILES string of the molecule is CCOCCN(CCOCC)CC(C)C(=O)OCC. The highest BCUT2D eigenvalue weighted by Crippen LogP contribution is 2.03. The van der Waals surface area contributed by atoms with Crippen molar-refractivity contribution in [2.45, 2.75) is 27.7 Å². The molecule has 0 bridgehead atoms. The van der Waals surface area contributed by atoms with Crippen molar-refractivity contribution in [3.63, 3.8) is 0 Å². The van der Waals surface area contributed by atoms with Crippen molar-refractivity contribution < 1.29 is 19.0 Å². The number of hydrogen-bond donors (Lipinski definition) is 0. The Bertz CT molecular complexity index is 213. The molecule has 0 radical (unpaired) electrons. The summed E-state index contributed by atoms with van der Waals surface area (Å²) in [6.07, 6.45) is 0. The highest BCUT2D eigenvalue weighted by molar-refractivity contribution is 5.72. The molecule has 0 N–H and O–H groups in total. The zero-order valence-corrected chi connectivity index (χ0v) is 12.8. The van der Waals surface area contributed by atoms with Gasteiger partial charge in [0.1, 0.15) is 0 Å². The van der Waals surface area contributed by atoms with Crippen LogP contribution in [0.25, 0.3) is 0 Å². The first-order valence-electron chi connectivity index (χ1n) is 7.20. The summed E-state index contributed by atoms with van der Waals surface area (Å²) < 4.78 is 15.8. The molecule has 0 saturated heterocycles. The van der Waals surface area contributed by atoms with Gasteiger partial charge in [-0.25, -0.2) is 0 Å². The summed E-state index contributed by atoms with van der Waals surface area (Å²) in [5.41, 5.74) is 0. The van der Waals surface area contributed by atoms with Gasteiger partial charge in [-0.15, -0.1) is 0 Å². The van der Waals surface area contributed by atoms with Crippen LogP contribution >= 0.6 is 0 Å². The summed E-state index contributed by atoms with van der Waals surface area (Å²) in [6, 6.07) is 0. The van der Waals surface area contributed by atoms with Crippen LogP contribution in [-0.2, 0) is 19.0 Å². The van der Waals surface area contributed by atoms with Gasteiger partial charge in [0.25, 0.3) is 0 Å². The Kier molecular flexibility index (Phi) is 12.0. The van der Waals surface area contributed by atoms with Gasteiger partial charge in [-0.1, -0.05) is 6.92 Å². The number of nitrogens with zero attached hydrogens (tertiary/aromatic N) is 1. The van der Waals surface area contributed by atoms with Crippen LogP contribution in [0.15, 0.2) is 0 Å². The van der Waals surface area contributed by atoms with Crippen molar-refractivity contribution >= 4 is 5.97 Å². The third kappa shape index (κ3) is 9.87. The second-order valence-corrected chi connectivity index (χ2v) is 4.35. The predicted octanol–water partition coefficient (Wildman–Crippen LogP) is 1.56. The van der Waals surface area contributed by atoms with Gasteiger partial charge in [-0.05, 0) is 20.8 Å². The fraction of sp³-hybridized carbons (Fsp3) is 0.929. The maximum absolute atomic E-state index is 11.6. The number of esters is 1. The predicted molar refractivity (Wildman–Crippen MR) is 75.2 cm³/mol. The lowest BCUT2D eigenvalue weighted by molar-refractivity contribution is -0.148. The molecular weight excluding hydrogens is 246 g/mol. The monoisotopic (exact) mass is 275 g/mol. The molecular formula is C14H29NO4. The van der Waals surface area contributed by atoms with E-state index in [2.05, 4.69) is 4.90 Å². The van der Waals surface area contributed by atoms with Gasteiger partial charge in [0.15, 0.2) is 0 Å². The number of carbonyl (C=O) groups excluding carboxylic acids is 1. The summed E-state index contributed by atoms with van der Waals surface area (Å²) in [6.45, 7) is 13.2. The molecule has 0 fully saturated rings. The highest BCUT2D eigenvalue weighted by Gasteiger charge is 2.17. The van der Waals surface area contributed by atoms with Gasteiger partial charge in [-0.2, -0.15) is 0 Å². The molecule has 0 saturated carbocycles. The van der Waals surface area contributed by atoms with Crippen LogP contribution in [0.1, 0.15) is 27.7 Å². The maximum atomic E-state index is 11.6. The largest absolute Gasteiger partial charge is 0.466 e. The lowest BCUT2D eigenvalue weighted by atomic mass is 10.1. The molecule has 114 valence electrons. The Morgan fingerprint density at radius 1 is 1.00 bits per heavy atom. The molecule has 0 amide bonds. The average molecular weight is 275 g/mol. The molecule has 0 aromatic carbocycles. The molecule has 0 heterocycles. The third-order valence-electron chi connectivity index (χ3n) is 2.73. The standard InChI is InChI=1S/C14H29NO4/c1-5-17-10-8-15(9-11-18-6-2)12-13(4)14(16)19-7-3/h13H,5-12H2,1-4H3. The van der Waals surface area contributed by atoms with Gasteiger partial charge in [0, 0.05) is 32.8 Å². The van der Waals surface area contributed by atoms with Crippen molar-refractivity contribution in [3.05, 3.63) is 0 Å². The third-order valence-corrected chi connectivity index (χ3v) is 2.73. The van der Waals surface area contributed by atoms with Gasteiger partial charge in [-0.3, -0.25) is 9.69 Å². The van der Waals surface area contributed by atoms with Crippen molar-refractivity contribution in [1.82, 2.24) is 4.90 Å². The molecule has 0 spiro atoms. The van der Waals surface area contributed by atoms with E-state index in [0.717, 1.165) is 13.1 Å². The van der Waals surface area contributed by atoms with Crippen LogP contribution in [0.2, 0.25) is 0 Å². The van der Waals surface area contributed by atoms with E-state index in [9.17, 15) is 4.79 Å². The van der Waals surface area contributed by atoms with Crippen LogP contribution in [0, 0.1) is 5.92 Å². The highest BCUT2D eigenvalue weighted by atomic mass is 16.5. The molecule has 0 aromatic heterocycles. The minimum atomic E-state index is -0.139. The first-order chi connectivity index (χ1) is 9.15. The number of rotatable bonds is 12. The normalized spacial score (nSPS) is 12.7. The minimum Gasteiger partial charge on any atom is -0.466 e. The van der Waals surface area contributed by atoms with Gasteiger partial charge in [0.05, 0.1) is 25.7 Å². The first-order valence-corrected chi connectivity index (χ1v) is 7.20. The zero-order valence-electron chi connectivity index (χ0n) is 12.8. The lowest BCUT2D eigenvalue weighted by Gasteiger charge is -2.24. The lowest BCUT2D eigenvalue weighted by Crippen LogP contribution is -2.37. The number of ether oxygens (including phenoxy) is 3. The topological polar surface area (TPSA) is 48.0 Å². The second-order valence-electron chi connectivity index (χ2n) is 4.35. The molecule has 0 aliphatic heterocycles. The fourth-order valence-corrected chi connectivity index (χ4v) is 1.72. The molecule has 0 rings (SSSR count). The van der Waals surface area contributed by atoms with Gasteiger partial charge in [0.2, 0.25) is 0 Å². The molecule has 5 heteroatoms. The summed E-state index contributed by atoms with van der Waals surface area (Å²) in [7, 11) is 0. The quantitative estimate of drug-likeness (QED) is 0.399. The molecule has 1 atom stereocenters. The van der Waals surface area contributed by atoms with Crippen molar-refractivity contribution in [3.8, 4) is 0 Å². The molecule has 1 unspecified atom stereocenters. The number of carbonyl (C=O) groups is 1. The van der Waals surface area contributed by atoms with E-state index in [0.29, 0.717) is 39.6 Å². The van der Waals surface area contributed by atoms with Crippen LogP contribution in [0.4, 0.5) is 0 Å². The van der Waals surface area contributed by atoms with Crippen LogP contribution in [0.3, 0.4) is 0 Å². The van der Waals surface area contributed by atoms with E-state index in [-0.39, 0.29) is 11.9 Å². The Morgan fingerprint density at radius 2 is 1.53 bits per heavy atom. The summed E-state index contributed by atoms with van der Waals surface area (Å²) >= 11 is 0. The smallest absolute Gasteiger partial charge is 0.309 e. The van der Waals surface area contributed by atoms with Gasteiger partial charge < -0.3 is 14.2 Å². The van der Waals surface area contributed by atoms with E-state index < -0.39 is 0 Å². The van der Waals surface area contributed by atoms with Crippen molar-refractivity contribution in [2.75, 3.05) is 52.7 Å². The maximum Gasteiger partial charge on any atom is 0.309 e. The summed E-state index contributed by atoms with van der Waals surface area (Å²) in [5.74, 6) is -0.261. The minimum absolute atomic E-state index is 0.122. The zero-order chi connectivity index (χ0) is 14.5. The fourth-order valence-electron chi connectivity index (χ4n) is 1.72. The van der Waals surface area contributed by atoms with Crippen molar-refractivity contribution in [2.24, 2.45) is 5.92 Å². The first kappa shape index (κ1) is 18.4.